The average molecular weight is 277 g/mol. The fraction of sp³-hybridized carbons (Fsp3) is 0.909. The second kappa shape index (κ2) is 6.36. The first-order valence-electron chi connectivity index (χ1n) is 5.67. The highest BCUT2D eigenvalue weighted by molar-refractivity contribution is 9.09. The Hall–Kier alpha value is -0.250. The lowest BCUT2D eigenvalue weighted by atomic mass is 9.84. The molecule has 1 fully saturated rings. The van der Waals surface area contributed by atoms with Crippen LogP contribution in [0.5, 0.6) is 0 Å². The quantitative estimate of drug-likeness (QED) is 0.790. The van der Waals surface area contributed by atoms with E-state index in [1.165, 1.54) is 19.3 Å². The largest absolute Gasteiger partial charge is 0.335 e. The van der Waals surface area contributed by atoms with Gasteiger partial charge < -0.3 is 10.2 Å². The minimum absolute atomic E-state index is 0.0407. The van der Waals surface area contributed by atoms with Crippen molar-refractivity contribution in [2.45, 2.75) is 38.1 Å². The van der Waals surface area contributed by atoms with Crippen molar-refractivity contribution in [1.29, 1.82) is 0 Å². The summed E-state index contributed by atoms with van der Waals surface area (Å²) in [5.41, 5.74) is 0. The van der Waals surface area contributed by atoms with Crippen LogP contribution in [0.15, 0.2) is 0 Å². The van der Waals surface area contributed by atoms with Crippen LogP contribution in [0, 0.1) is 5.92 Å². The van der Waals surface area contributed by atoms with Gasteiger partial charge in [-0.2, -0.15) is 0 Å². The number of carbonyl (C=O) groups is 1. The summed E-state index contributed by atoms with van der Waals surface area (Å²) in [5.74, 6) is 0.858. The van der Waals surface area contributed by atoms with Gasteiger partial charge in [0.2, 0.25) is 0 Å². The van der Waals surface area contributed by atoms with Gasteiger partial charge in [-0.15, -0.1) is 0 Å². The number of carbonyl (C=O) groups excluding carboxylic acids is 1. The van der Waals surface area contributed by atoms with Crippen molar-refractivity contribution in [3.63, 3.8) is 0 Å². The van der Waals surface area contributed by atoms with Crippen LogP contribution in [0.2, 0.25) is 0 Å². The zero-order valence-corrected chi connectivity index (χ0v) is 11.2. The van der Waals surface area contributed by atoms with E-state index in [0.717, 1.165) is 24.1 Å². The Bertz CT molecular complexity index is 201. The van der Waals surface area contributed by atoms with Crippen molar-refractivity contribution in [2.24, 2.45) is 5.92 Å². The third kappa shape index (κ3) is 4.41. The van der Waals surface area contributed by atoms with Crippen molar-refractivity contribution in [1.82, 2.24) is 10.2 Å². The van der Waals surface area contributed by atoms with E-state index in [0.29, 0.717) is 6.04 Å². The summed E-state index contributed by atoms with van der Waals surface area (Å²) in [4.78, 5) is 13.0. The van der Waals surface area contributed by atoms with Crippen LogP contribution in [0.3, 0.4) is 0 Å². The molecule has 1 aliphatic carbocycles. The molecule has 4 heteroatoms. The van der Waals surface area contributed by atoms with E-state index in [2.05, 4.69) is 21.2 Å². The van der Waals surface area contributed by atoms with E-state index in [1.807, 2.05) is 0 Å². The number of hydrogen-bond donors (Lipinski definition) is 1. The highest BCUT2D eigenvalue weighted by Crippen LogP contribution is 2.27. The Morgan fingerprint density at radius 1 is 1.33 bits per heavy atom. The van der Waals surface area contributed by atoms with Gasteiger partial charge in [0.1, 0.15) is 0 Å². The Kier molecular flexibility index (Phi) is 5.43. The summed E-state index contributed by atoms with van der Waals surface area (Å²) in [6.45, 7) is 0. The Balaban J connectivity index is 2.22. The van der Waals surface area contributed by atoms with Gasteiger partial charge in [0.25, 0.3) is 0 Å². The van der Waals surface area contributed by atoms with Gasteiger partial charge in [0, 0.05) is 25.5 Å². The molecule has 0 radical (unpaired) electrons. The van der Waals surface area contributed by atoms with E-state index in [1.54, 1.807) is 19.0 Å². The van der Waals surface area contributed by atoms with Crippen molar-refractivity contribution < 1.29 is 4.79 Å². The van der Waals surface area contributed by atoms with Crippen LogP contribution >= 0.6 is 15.9 Å². The van der Waals surface area contributed by atoms with Crippen LogP contribution in [-0.4, -0.2) is 36.4 Å². The normalized spacial score (nSPS) is 26.1. The topological polar surface area (TPSA) is 32.3 Å². The molecule has 0 aromatic carbocycles. The molecule has 0 bridgehead atoms. The summed E-state index contributed by atoms with van der Waals surface area (Å²) < 4.78 is 0. The first kappa shape index (κ1) is 12.8. The van der Waals surface area contributed by atoms with E-state index in [4.69, 9.17) is 0 Å². The van der Waals surface area contributed by atoms with Crippen molar-refractivity contribution in [3.05, 3.63) is 0 Å². The van der Waals surface area contributed by atoms with E-state index >= 15 is 0 Å². The fourth-order valence-corrected chi connectivity index (χ4v) is 2.70. The van der Waals surface area contributed by atoms with Gasteiger partial charge in [0.05, 0.1) is 0 Å². The second-order valence-corrected chi connectivity index (χ2v) is 5.33. The highest BCUT2D eigenvalue weighted by Gasteiger charge is 2.22. The molecule has 1 rings (SSSR count). The number of nitrogens with one attached hydrogen (secondary N) is 1. The third-order valence-corrected chi connectivity index (χ3v) is 3.56. The standard InChI is InChI=1S/C11H21BrN2O/c1-14(2)11(15)13-10-5-3-9(4-6-10)7-8-12/h9-10H,3-8H2,1-2H3,(H,13,15). The molecule has 0 spiro atoms. The molecule has 0 aliphatic heterocycles. The number of amides is 2. The van der Waals surface area contributed by atoms with E-state index < -0.39 is 0 Å². The van der Waals surface area contributed by atoms with Crippen molar-refractivity contribution in [3.8, 4) is 0 Å². The second-order valence-electron chi connectivity index (χ2n) is 4.54. The van der Waals surface area contributed by atoms with E-state index in [9.17, 15) is 4.79 Å². The van der Waals surface area contributed by atoms with Gasteiger partial charge in [-0.05, 0) is 38.0 Å². The van der Waals surface area contributed by atoms with Crippen LogP contribution in [-0.2, 0) is 0 Å². The molecular weight excluding hydrogens is 256 g/mol. The Labute approximate surface area is 101 Å². The van der Waals surface area contributed by atoms with Crippen molar-refractivity contribution >= 4 is 22.0 Å². The summed E-state index contributed by atoms with van der Waals surface area (Å²) in [7, 11) is 3.57. The SMILES string of the molecule is CN(C)C(=O)NC1CCC(CCBr)CC1. The lowest BCUT2D eigenvalue weighted by Gasteiger charge is -2.29. The van der Waals surface area contributed by atoms with Gasteiger partial charge >= 0.3 is 6.03 Å². The average Bonchev–Trinajstić information content (AvgIpc) is 2.21. The van der Waals surface area contributed by atoms with Crippen LogP contribution in [0.1, 0.15) is 32.1 Å². The maximum Gasteiger partial charge on any atom is 0.317 e. The molecule has 3 nitrogen and oxygen atoms in total. The van der Waals surface area contributed by atoms with Gasteiger partial charge in [-0.1, -0.05) is 15.9 Å². The number of alkyl halides is 1. The zero-order chi connectivity index (χ0) is 11.3. The Morgan fingerprint density at radius 2 is 1.93 bits per heavy atom. The molecule has 1 saturated carbocycles. The van der Waals surface area contributed by atoms with E-state index in [-0.39, 0.29) is 6.03 Å². The predicted octanol–water partition coefficient (Wildman–Crippen LogP) is 2.60. The molecular formula is C11H21BrN2O. The molecule has 0 heterocycles. The molecule has 88 valence electrons. The lowest BCUT2D eigenvalue weighted by molar-refractivity contribution is 0.204. The number of hydrogen-bond acceptors (Lipinski definition) is 1. The molecule has 1 N–H and O–H groups in total. The molecule has 1 aliphatic rings. The summed E-state index contributed by atoms with van der Waals surface area (Å²) in [5, 5.41) is 4.16. The first-order chi connectivity index (χ1) is 7.13. The highest BCUT2D eigenvalue weighted by atomic mass is 79.9. The van der Waals surface area contributed by atoms with Gasteiger partial charge in [0.15, 0.2) is 0 Å². The number of halogens is 1. The lowest BCUT2D eigenvalue weighted by Crippen LogP contribution is -2.43. The minimum atomic E-state index is 0.0407. The molecule has 2 amide bonds. The number of nitrogens with zero attached hydrogens (tertiary/aromatic N) is 1. The smallest absolute Gasteiger partial charge is 0.317 e. The predicted molar refractivity (Wildman–Crippen MR) is 66.4 cm³/mol. The Morgan fingerprint density at radius 3 is 2.40 bits per heavy atom. The molecule has 0 saturated heterocycles. The number of urea groups is 1. The zero-order valence-electron chi connectivity index (χ0n) is 9.63. The van der Waals surface area contributed by atoms with Gasteiger partial charge in [-0.25, -0.2) is 4.79 Å². The first-order valence-corrected chi connectivity index (χ1v) is 6.79. The molecule has 0 aromatic rings. The van der Waals surface area contributed by atoms with Crippen molar-refractivity contribution in [2.75, 3.05) is 19.4 Å². The van der Waals surface area contributed by atoms with Gasteiger partial charge in [-0.3, -0.25) is 0 Å². The molecule has 0 aromatic heterocycles. The van der Waals surface area contributed by atoms with Crippen LogP contribution in [0.4, 0.5) is 4.79 Å². The summed E-state index contributed by atoms with van der Waals surface area (Å²) >= 11 is 3.48. The maximum atomic E-state index is 11.4. The molecule has 15 heavy (non-hydrogen) atoms. The summed E-state index contributed by atoms with van der Waals surface area (Å²) in [6.07, 6.45) is 6.05. The summed E-state index contributed by atoms with van der Waals surface area (Å²) in [6, 6.07) is 0.436. The molecule has 0 atom stereocenters. The maximum absolute atomic E-state index is 11.4. The minimum Gasteiger partial charge on any atom is -0.335 e. The third-order valence-electron chi connectivity index (χ3n) is 3.10. The number of rotatable bonds is 3. The van der Waals surface area contributed by atoms with Crippen LogP contribution in [0.25, 0.3) is 0 Å². The fourth-order valence-electron chi connectivity index (χ4n) is 2.05. The molecule has 0 unspecified atom stereocenters. The van der Waals surface area contributed by atoms with Crippen LogP contribution < -0.4 is 5.32 Å². The monoisotopic (exact) mass is 276 g/mol.